The van der Waals surface area contributed by atoms with Gasteiger partial charge in [0, 0.05) is 44.6 Å². The van der Waals surface area contributed by atoms with Crippen LogP contribution in [0.1, 0.15) is 29.0 Å². The topological polar surface area (TPSA) is 88.9 Å². The van der Waals surface area contributed by atoms with Crippen LogP contribution in [0.2, 0.25) is 0 Å². The first-order valence-electron chi connectivity index (χ1n) is 9.03. The van der Waals surface area contributed by atoms with E-state index in [0.717, 1.165) is 29.5 Å². The molecule has 0 aliphatic carbocycles. The summed E-state index contributed by atoms with van der Waals surface area (Å²) in [6.07, 6.45) is 6.84. The molecule has 0 spiro atoms. The van der Waals surface area contributed by atoms with Crippen molar-refractivity contribution in [3.63, 3.8) is 0 Å². The van der Waals surface area contributed by atoms with Gasteiger partial charge < -0.3 is 9.64 Å². The maximum absolute atomic E-state index is 13.1. The van der Waals surface area contributed by atoms with E-state index in [2.05, 4.69) is 26.3 Å². The third kappa shape index (κ3) is 3.90. The second-order valence-electron chi connectivity index (χ2n) is 6.71. The van der Waals surface area contributed by atoms with Gasteiger partial charge in [-0.05, 0) is 30.0 Å². The summed E-state index contributed by atoms with van der Waals surface area (Å²) in [6.45, 7) is 1.84. The van der Waals surface area contributed by atoms with Crippen LogP contribution < -0.4 is 0 Å². The summed E-state index contributed by atoms with van der Waals surface area (Å²) in [4.78, 5) is 19.1. The highest BCUT2D eigenvalue weighted by atomic mass is 16.5. The number of aromatic amines is 1. The number of amides is 1. The first kappa shape index (κ1) is 17.4. The van der Waals surface area contributed by atoms with Crippen molar-refractivity contribution < 1.29 is 9.53 Å². The van der Waals surface area contributed by atoms with Gasteiger partial charge in [-0.2, -0.15) is 5.10 Å². The van der Waals surface area contributed by atoms with Gasteiger partial charge in [-0.3, -0.25) is 14.6 Å². The highest BCUT2D eigenvalue weighted by Crippen LogP contribution is 2.23. The highest BCUT2D eigenvalue weighted by molar-refractivity contribution is 5.90. The molecule has 0 saturated carbocycles. The molecule has 0 atom stereocenters. The largest absolute Gasteiger partial charge is 0.381 e. The van der Waals surface area contributed by atoms with E-state index >= 15 is 0 Å². The van der Waals surface area contributed by atoms with Crippen molar-refractivity contribution in [2.45, 2.75) is 25.4 Å². The Labute approximate surface area is 157 Å². The standard InChI is InChI=1S/C19H22N6O2/c1-24-13-20-18(23-24)19(26)25(17-5-7-27-8-6-17)12-14-3-2-4-15(9-14)16-10-21-22-11-16/h2-4,9-11,13,17H,5-8,12H2,1H3,(H,21,22). The van der Waals surface area contributed by atoms with Crippen LogP contribution in [0, 0.1) is 0 Å². The third-order valence-corrected chi connectivity index (χ3v) is 4.79. The minimum atomic E-state index is -0.142. The van der Waals surface area contributed by atoms with Gasteiger partial charge in [0.05, 0.1) is 6.20 Å². The summed E-state index contributed by atoms with van der Waals surface area (Å²) < 4.78 is 7.02. The molecular formula is C19H22N6O2. The fourth-order valence-electron chi connectivity index (χ4n) is 3.38. The molecule has 1 saturated heterocycles. The summed E-state index contributed by atoms with van der Waals surface area (Å²) in [5.74, 6) is 0.0891. The molecule has 1 aliphatic rings. The number of ether oxygens (including phenoxy) is 1. The quantitative estimate of drug-likeness (QED) is 0.746. The van der Waals surface area contributed by atoms with Crippen molar-refractivity contribution in [1.82, 2.24) is 29.9 Å². The summed E-state index contributed by atoms with van der Waals surface area (Å²) in [5.41, 5.74) is 3.15. The maximum atomic E-state index is 13.1. The molecule has 1 aromatic carbocycles. The molecule has 3 heterocycles. The predicted molar refractivity (Wildman–Crippen MR) is 98.7 cm³/mol. The van der Waals surface area contributed by atoms with E-state index in [1.54, 1.807) is 24.3 Å². The zero-order valence-corrected chi connectivity index (χ0v) is 15.2. The van der Waals surface area contributed by atoms with E-state index < -0.39 is 0 Å². The Bertz CT molecular complexity index is 899. The number of nitrogens with one attached hydrogen (secondary N) is 1. The van der Waals surface area contributed by atoms with Crippen LogP contribution in [-0.4, -0.2) is 55.0 Å². The van der Waals surface area contributed by atoms with Gasteiger partial charge in [-0.1, -0.05) is 18.2 Å². The van der Waals surface area contributed by atoms with E-state index in [1.807, 2.05) is 29.3 Å². The summed E-state index contributed by atoms with van der Waals surface area (Å²) in [6, 6.07) is 8.29. The molecule has 0 bridgehead atoms. The van der Waals surface area contributed by atoms with Gasteiger partial charge in [-0.25, -0.2) is 4.98 Å². The van der Waals surface area contributed by atoms with Gasteiger partial charge >= 0.3 is 0 Å². The number of carbonyl (C=O) groups excluding carboxylic acids is 1. The Balaban J connectivity index is 1.61. The molecule has 4 rings (SSSR count). The fraction of sp³-hybridized carbons (Fsp3) is 0.368. The van der Waals surface area contributed by atoms with Crippen LogP contribution >= 0.6 is 0 Å². The minimum Gasteiger partial charge on any atom is -0.381 e. The minimum absolute atomic E-state index is 0.118. The van der Waals surface area contributed by atoms with Crippen LogP contribution in [0.15, 0.2) is 43.0 Å². The molecule has 1 amide bonds. The molecule has 2 aromatic heterocycles. The molecule has 8 nitrogen and oxygen atoms in total. The van der Waals surface area contributed by atoms with Crippen molar-refractivity contribution in [2.75, 3.05) is 13.2 Å². The Kier molecular flexibility index (Phi) is 4.97. The summed E-state index contributed by atoms with van der Waals surface area (Å²) in [7, 11) is 1.76. The first-order chi connectivity index (χ1) is 13.2. The fourth-order valence-corrected chi connectivity index (χ4v) is 3.38. The lowest BCUT2D eigenvalue weighted by molar-refractivity contribution is 0.0260. The van der Waals surface area contributed by atoms with E-state index in [9.17, 15) is 4.79 Å². The average Bonchev–Trinajstić information content (AvgIpc) is 3.38. The van der Waals surface area contributed by atoms with Gasteiger partial charge in [-0.15, -0.1) is 5.10 Å². The monoisotopic (exact) mass is 366 g/mol. The molecule has 0 radical (unpaired) electrons. The van der Waals surface area contributed by atoms with Crippen LogP contribution in [0.4, 0.5) is 0 Å². The van der Waals surface area contributed by atoms with E-state index in [4.69, 9.17) is 4.74 Å². The summed E-state index contributed by atoms with van der Waals surface area (Å²) in [5, 5.41) is 11.0. The maximum Gasteiger partial charge on any atom is 0.294 e. The SMILES string of the molecule is Cn1cnc(C(=O)N(Cc2cccc(-c3cn[nH]c3)c2)C2CCOCC2)n1. The second-order valence-corrected chi connectivity index (χ2v) is 6.71. The number of benzene rings is 1. The number of hydrogen-bond acceptors (Lipinski definition) is 5. The third-order valence-electron chi connectivity index (χ3n) is 4.79. The lowest BCUT2D eigenvalue weighted by atomic mass is 10.0. The van der Waals surface area contributed by atoms with E-state index in [-0.39, 0.29) is 17.8 Å². The lowest BCUT2D eigenvalue weighted by Gasteiger charge is -2.33. The molecule has 0 unspecified atom stereocenters. The molecule has 1 N–H and O–H groups in total. The van der Waals surface area contributed by atoms with Gasteiger partial charge in [0.15, 0.2) is 0 Å². The Hall–Kier alpha value is -3.00. The lowest BCUT2D eigenvalue weighted by Crippen LogP contribution is -2.43. The van der Waals surface area contributed by atoms with E-state index in [0.29, 0.717) is 19.8 Å². The van der Waals surface area contributed by atoms with E-state index in [1.165, 1.54) is 0 Å². The molecule has 3 aromatic rings. The van der Waals surface area contributed by atoms with Crippen molar-refractivity contribution in [1.29, 1.82) is 0 Å². The number of aryl methyl sites for hydroxylation is 1. The molecule has 27 heavy (non-hydrogen) atoms. The molecule has 140 valence electrons. The molecule has 1 aliphatic heterocycles. The van der Waals surface area contributed by atoms with Gasteiger partial charge in [0.1, 0.15) is 6.33 Å². The van der Waals surface area contributed by atoms with Gasteiger partial charge in [0.2, 0.25) is 5.82 Å². The molecule has 8 heteroatoms. The zero-order valence-electron chi connectivity index (χ0n) is 15.2. The predicted octanol–water partition coefficient (Wildman–Crippen LogP) is 2.03. The van der Waals surface area contributed by atoms with Crippen molar-refractivity contribution in [3.8, 4) is 11.1 Å². The number of nitrogens with zero attached hydrogens (tertiary/aromatic N) is 5. The number of rotatable bonds is 5. The van der Waals surface area contributed by atoms with Crippen LogP contribution in [0.3, 0.4) is 0 Å². The second kappa shape index (κ2) is 7.71. The van der Waals surface area contributed by atoms with Crippen LogP contribution in [0.5, 0.6) is 0 Å². The first-order valence-corrected chi connectivity index (χ1v) is 9.03. The number of hydrogen-bond donors (Lipinski definition) is 1. The molecular weight excluding hydrogens is 344 g/mol. The van der Waals surface area contributed by atoms with Crippen molar-refractivity contribution in [3.05, 3.63) is 54.4 Å². The Morgan fingerprint density at radius 3 is 2.89 bits per heavy atom. The van der Waals surface area contributed by atoms with Crippen molar-refractivity contribution >= 4 is 5.91 Å². The highest BCUT2D eigenvalue weighted by Gasteiger charge is 2.29. The normalized spacial score (nSPS) is 15.0. The van der Waals surface area contributed by atoms with Gasteiger partial charge in [0.25, 0.3) is 5.91 Å². The zero-order chi connectivity index (χ0) is 18.6. The number of aromatic nitrogens is 5. The summed E-state index contributed by atoms with van der Waals surface area (Å²) >= 11 is 0. The number of H-pyrrole nitrogens is 1. The van der Waals surface area contributed by atoms with Crippen LogP contribution in [-0.2, 0) is 18.3 Å². The van der Waals surface area contributed by atoms with Crippen molar-refractivity contribution in [2.24, 2.45) is 7.05 Å². The molecule has 1 fully saturated rings. The van der Waals surface area contributed by atoms with Crippen LogP contribution in [0.25, 0.3) is 11.1 Å². The Morgan fingerprint density at radius 2 is 2.19 bits per heavy atom. The smallest absolute Gasteiger partial charge is 0.294 e. The Morgan fingerprint density at radius 1 is 1.33 bits per heavy atom. The number of carbonyl (C=O) groups is 1. The average molecular weight is 366 g/mol.